The number of aromatic nitrogens is 4. The average molecular weight is 369 g/mol. The molecule has 0 radical (unpaired) electrons. The van der Waals surface area contributed by atoms with Crippen LogP contribution in [0.25, 0.3) is 0 Å². The predicted molar refractivity (Wildman–Crippen MR) is 104 cm³/mol. The average Bonchev–Trinajstić information content (AvgIpc) is 3.16. The highest BCUT2D eigenvalue weighted by Crippen LogP contribution is 2.27. The Kier molecular flexibility index (Phi) is 5.45. The van der Waals surface area contributed by atoms with Crippen LogP contribution in [-0.2, 0) is 11.2 Å². The molecular weight excluding hydrogens is 342 g/mol. The Morgan fingerprint density at radius 2 is 2.04 bits per heavy atom. The summed E-state index contributed by atoms with van der Waals surface area (Å²) in [5.74, 6) is 0.804. The van der Waals surface area contributed by atoms with Gasteiger partial charge in [0.1, 0.15) is 5.69 Å². The number of nitrogens with one attached hydrogen (secondary N) is 2. The number of piperidine rings is 1. The van der Waals surface area contributed by atoms with E-state index in [4.69, 9.17) is 10.1 Å². The van der Waals surface area contributed by atoms with E-state index in [9.17, 15) is 0 Å². The normalized spacial score (nSPS) is 23.2. The Balaban J connectivity index is 1.36. The summed E-state index contributed by atoms with van der Waals surface area (Å²) in [5, 5.41) is 15.5. The second-order valence-corrected chi connectivity index (χ2v) is 7.22. The lowest BCUT2D eigenvalue weighted by Crippen LogP contribution is -2.44. The van der Waals surface area contributed by atoms with Gasteiger partial charge in [0, 0.05) is 43.4 Å². The second-order valence-electron chi connectivity index (χ2n) is 7.22. The topological polar surface area (TPSA) is 92.0 Å². The molecule has 0 amide bonds. The van der Waals surface area contributed by atoms with Crippen LogP contribution in [0.3, 0.4) is 0 Å². The largest absolute Gasteiger partial charge is 0.376 e. The van der Waals surface area contributed by atoms with E-state index in [2.05, 4.69) is 30.0 Å². The maximum atomic E-state index is 7.47. The van der Waals surface area contributed by atoms with Crippen molar-refractivity contribution in [3.05, 3.63) is 35.9 Å². The molecule has 1 fully saturated rings. The van der Waals surface area contributed by atoms with Crippen molar-refractivity contribution in [3.8, 4) is 0 Å². The van der Waals surface area contributed by atoms with Crippen molar-refractivity contribution in [2.75, 3.05) is 31.6 Å². The van der Waals surface area contributed by atoms with E-state index in [1.54, 1.807) is 12.4 Å². The third-order valence-electron chi connectivity index (χ3n) is 5.62. The highest BCUT2D eigenvalue weighted by molar-refractivity contribution is 5.74. The molecule has 0 aliphatic carbocycles. The van der Waals surface area contributed by atoms with Gasteiger partial charge in [0.15, 0.2) is 0 Å². The Bertz CT molecular complexity index is 755. The predicted octanol–water partition coefficient (Wildman–Crippen LogP) is 1.43. The number of nitrogens with zero attached hydrogens (tertiary/aromatic N) is 5. The molecule has 2 aromatic rings. The van der Waals surface area contributed by atoms with E-state index in [1.165, 1.54) is 11.9 Å². The van der Waals surface area contributed by atoms with Gasteiger partial charge in [-0.25, -0.2) is 9.97 Å². The van der Waals surface area contributed by atoms with Gasteiger partial charge in [0.2, 0.25) is 5.95 Å². The summed E-state index contributed by atoms with van der Waals surface area (Å²) in [4.78, 5) is 10.9. The third-order valence-corrected chi connectivity index (χ3v) is 5.62. The number of hydrogen-bond donors (Lipinski definition) is 2. The molecule has 0 aromatic carbocycles. The minimum Gasteiger partial charge on any atom is -0.376 e. The molecule has 0 spiro atoms. The lowest BCUT2D eigenvalue weighted by atomic mass is 9.97. The molecule has 0 bridgehead atoms. The summed E-state index contributed by atoms with van der Waals surface area (Å²) in [6, 6.07) is 4.37. The molecule has 27 heavy (non-hydrogen) atoms. The van der Waals surface area contributed by atoms with Gasteiger partial charge in [-0.15, -0.1) is 0 Å². The first kappa shape index (κ1) is 18.1. The molecule has 8 nitrogen and oxygen atoms in total. The fraction of sp³-hybridized carbons (Fsp3) is 0.579. The Morgan fingerprint density at radius 3 is 2.74 bits per heavy atom. The van der Waals surface area contributed by atoms with Crippen LogP contribution in [-0.4, -0.2) is 64.9 Å². The van der Waals surface area contributed by atoms with Crippen LogP contribution in [0, 0.1) is 5.41 Å². The van der Waals surface area contributed by atoms with E-state index < -0.39 is 0 Å². The van der Waals surface area contributed by atoms with E-state index in [0.29, 0.717) is 12.6 Å². The Morgan fingerprint density at radius 1 is 1.26 bits per heavy atom. The van der Waals surface area contributed by atoms with Gasteiger partial charge >= 0.3 is 0 Å². The Labute approximate surface area is 159 Å². The van der Waals surface area contributed by atoms with Crippen molar-refractivity contribution in [2.45, 2.75) is 43.9 Å². The van der Waals surface area contributed by atoms with Crippen LogP contribution in [0.2, 0.25) is 0 Å². The quantitative estimate of drug-likeness (QED) is 0.749. The van der Waals surface area contributed by atoms with Crippen LogP contribution in [0.15, 0.2) is 24.5 Å². The van der Waals surface area contributed by atoms with Gasteiger partial charge in [-0.2, -0.15) is 5.10 Å². The zero-order valence-corrected chi connectivity index (χ0v) is 15.7. The standard InChI is InChI=1S/C19H27N7O/c1-21-17-4-3-15-11-14(12-20)24-26(15)18(17)13-27-16-5-9-25(10-6-16)19-22-7-2-8-23-19/h2,7-8,11-12,16-18,20-21H,3-6,9-10,13H2,1H3. The summed E-state index contributed by atoms with van der Waals surface area (Å²) in [7, 11) is 2.00. The minimum atomic E-state index is 0.169. The molecule has 2 aromatic heterocycles. The molecule has 0 saturated carbocycles. The maximum Gasteiger partial charge on any atom is 0.225 e. The van der Waals surface area contributed by atoms with Crippen molar-refractivity contribution in [1.29, 1.82) is 5.41 Å². The number of aryl methyl sites for hydroxylation is 1. The van der Waals surface area contributed by atoms with Crippen molar-refractivity contribution < 1.29 is 4.74 Å². The number of likely N-dealkylation sites (N-methyl/N-ethyl adjacent to an activating group) is 1. The van der Waals surface area contributed by atoms with Crippen LogP contribution >= 0.6 is 0 Å². The number of anilines is 1. The van der Waals surface area contributed by atoms with Gasteiger partial charge in [-0.05, 0) is 44.9 Å². The van der Waals surface area contributed by atoms with E-state index in [0.717, 1.165) is 50.4 Å². The highest BCUT2D eigenvalue weighted by atomic mass is 16.5. The van der Waals surface area contributed by atoms with Crippen molar-refractivity contribution in [3.63, 3.8) is 0 Å². The summed E-state index contributed by atoms with van der Waals surface area (Å²) >= 11 is 0. The first-order valence-corrected chi connectivity index (χ1v) is 9.68. The van der Waals surface area contributed by atoms with Crippen LogP contribution in [0.1, 0.15) is 36.7 Å². The van der Waals surface area contributed by atoms with E-state index in [1.807, 2.05) is 19.2 Å². The van der Waals surface area contributed by atoms with Crippen molar-refractivity contribution in [2.24, 2.45) is 0 Å². The van der Waals surface area contributed by atoms with Crippen molar-refractivity contribution >= 4 is 12.2 Å². The fourth-order valence-electron chi connectivity index (χ4n) is 4.10. The zero-order valence-electron chi connectivity index (χ0n) is 15.7. The molecule has 2 aliphatic rings. The van der Waals surface area contributed by atoms with Gasteiger partial charge in [-0.3, -0.25) is 4.68 Å². The smallest absolute Gasteiger partial charge is 0.225 e. The van der Waals surface area contributed by atoms with Crippen LogP contribution < -0.4 is 10.2 Å². The second kappa shape index (κ2) is 8.14. The van der Waals surface area contributed by atoms with Gasteiger partial charge in [-0.1, -0.05) is 0 Å². The summed E-state index contributed by atoms with van der Waals surface area (Å²) < 4.78 is 8.38. The first-order valence-electron chi connectivity index (χ1n) is 9.68. The molecule has 144 valence electrons. The highest BCUT2D eigenvalue weighted by Gasteiger charge is 2.31. The number of rotatable bonds is 6. The fourth-order valence-corrected chi connectivity index (χ4v) is 4.10. The van der Waals surface area contributed by atoms with Crippen LogP contribution in [0.5, 0.6) is 0 Å². The molecule has 8 heteroatoms. The molecule has 2 aliphatic heterocycles. The Hall–Kier alpha value is -2.32. The summed E-state index contributed by atoms with van der Waals surface area (Å²) in [6.45, 7) is 2.48. The molecule has 4 heterocycles. The van der Waals surface area contributed by atoms with E-state index in [-0.39, 0.29) is 12.1 Å². The number of ether oxygens (including phenoxy) is 1. The van der Waals surface area contributed by atoms with Crippen molar-refractivity contribution in [1.82, 2.24) is 25.1 Å². The monoisotopic (exact) mass is 369 g/mol. The molecule has 1 saturated heterocycles. The SMILES string of the molecule is CNC1CCc2cc(C=N)nn2C1COC1CCN(c2ncccn2)CC1. The molecule has 2 unspecified atom stereocenters. The number of fused-ring (bicyclic) bond motifs is 1. The maximum absolute atomic E-state index is 7.47. The molecule has 2 N–H and O–H groups in total. The minimum absolute atomic E-state index is 0.169. The molecule has 4 rings (SSSR count). The third kappa shape index (κ3) is 3.86. The first-order chi connectivity index (χ1) is 13.3. The summed E-state index contributed by atoms with van der Waals surface area (Å²) in [6.07, 6.45) is 9.16. The van der Waals surface area contributed by atoms with Gasteiger partial charge < -0.3 is 20.4 Å². The summed E-state index contributed by atoms with van der Waals surface area (Å²) in [5.41, 5.74) is 1.92. The number of hydrogen-bond acceptors (Lipinski definition) is 7. The van der Waals surface area contributed by atoms with E-state index >= 15 is 0 Å². The van der Waals surface area contributed by atoms with Gasteiger partial charge in [0.05, 0.1) is 18.8 Å². The molecular formula is C19H27N7O. The van der Waals surface area contributed by atoms with Gasteiger partial charge in [0.25, 0.3) is 0 Å². The zero-order chi connectivity index (χ0) is 18.6. The lowest BCUT2D eigenvalue weighted by Gasteiger charge is -2.36. The lowest BCUT2D eigenvalue weighted by molar-refractivity contribution is 0.00477. The molecule has 2 atom stereocenters. The van der Waals surface area contributed by atoms with Crippen LogP contribution in [0.4, 0.5) is 5.95 Å².